The van der Waals surface area contributed by atoms with Gasteiger partial charge in [0.1, 0.15) is 0 Å². The molecule has 0 heterocycles. The summed E-state index contributed by atoms with van der Waals surface area (Å²) in [5.74, 6) is 4.40. The summed E-state index contributed by atoms with van der Waals surface area (Å²) in [4.78, 5) is 0. The summed E-state index contributed by atoms with van der Waals surface area (Å²) in [5.41, 5.74) is 18.8. The molecule has 0 unspecified atom stereocenters. The molecule has 0 spiro atoms. The second-order valence-corrected chi connectivity index (χ2v) is 16.0. The van der Waals surface area contributed by atoms with Crippen LogP contribution in [-0.2, 0) is 26.4 Å². The minimum atomic E-state index is 0. The predicted octanol–water partition coefficient (Wildman–Crippen LogP) is 5.72. The van der Waals surface area contributed by atoms with Gasteiger partial charge in [0.25, 0.3) is 0 Å². The van der Waals surface area contributed by atoms with Gasteiger partial charge in [0.2, 0.25) is 0 Å². The second kappa shape index (κ2) is 15.8. The molecule has 0 N–H and O–H groups in total. The number of fused-ring (bicyclic) bond motifs is 3. The van der Waals surface area contributed by atoms with Crippen LogP contribution < -0.4 is 24.8 Å². The Labute approximate surface area is 319 Å². The molecule has 4 fully saturated rings. The van der Waals surface area contributed by atoms with Crippen LogP contribution in [0.15, 0.2) is 72.8 Å². The summed E-state index contributed by atoms with van der Waals surface area (Å²) in [6.45, 7) is 13.2. The predicted molar refractivity (Wildman–Crippen MR) is 196 cm³/mol. The first-order valence-electron chi connectivity index (χ1n) is 17.8. The first kappa shape index (κ1) is 37.8. The Morgan fingerprint density at radius 1 is 0.633 bits per heavy atom. The quantitative estimate of drug-likeness (QED) is 0.162. The average Bonchev–Trinajstić information content (AvgIpc) is 3.71. The molecule has 0 atom stereocenters. The standard InChI is InChI=1S/C31H29.C10H14.C5H5.2ClH.Ti/c1-18-11-20(3)30(21(4)12-18)26-9-7-24-15-25-8-10-27(17-29(25)28(24)16-26)31-22(5)13-19(2)14-23(31)6;1-7-2-9-4-8(1)5-10(3-7)6-9;1-2-4-5-3-1;;;/h7,9-14,16-17H,15H2,1-6H3;7-10H,1-5H2;1-3H,4H2;2*1H;/q-1;;-1;;;+2/p-2. The topological polar surface area (TPSA) is 0 Å². The fraction of sp³-hybridized carbons (Fsp3) is 0.370. The molecule has 4 aromatic rings. The molecule has 0 saturated heterocycles. The number of hydrogen-bond donors (Lipinski definition) is 0. The van der Waals surface area contributed by atoms with E-state index in [4.69, 9.17) is 0 Å². The van der Waals surface area contributed by atoms with E-state index in [0.29, 0.717) is 0 Å². The zero-order valence-electron chi connectivity index (χ0n) is 29.9. The van der Waals surface area contributed by atoms with E-state index < -0.39 is 0 Å². The Kier molecular flexibility index (Phi) is 12.2. The van der Waals surface area contributed by atoms with Crippen LogP contribution in [0.1, 0.15) is 83.0 Å². The van der Waals surface area contributed by atoms with Crippen LogP contribution in [0.2, 0.25) is 0 Å². The number of allylic oxidation sites excluding steroid dienone is 4. The van der Waals surface area contributed by atoms with E-state index in [2.05, 4.69) is 134 Å². The van der Waals surface area contributed by atoms with Gasteiger partial charge in [0, 0.05) is 0 Å². The van der Waals surface area contributed by atoms with Gasteiger partial charge in [-0.1, -0.05) is 81.4 Å². The van der Waals surface area contributed by atoms with Crippen molar-refractivity contribution in [2.75, 3.05) is 0 Å². The molecule has 0 amide bonds. The molecule has 0 radical (unpaired) electrons. The number of aryl methyl sites for hydroxylation is 6. The van der Waals surface area contributed by atoms with Crippen LogP contribution in [0, 0.1) is 77.4 Å². The zero-order chi connectivity index (χ0) is 32.8. The van der Waals surface area contributed by atoms with Gasteiger partial charge in [-0.25, -0.2) is 12.2 Å². The third kappa shape index (κ3) is 7.89. The van der Waals surface area contributed by atoms with Crippen molar-refractivity contribution >= 4 is 3.81 Å². The van der Waals surface area contributed by atoms with E-state index in [1.54, 1.807) is 32.1 Å². The molecule has 0 nitrogen and oxygen atoms in total. The van der Waals surface area contributed by atoms with E-state index in [9.17, 15) is 0 Å². The summed E-state index contributed by atoms with van der Waals surface area (Å²) in [6, 6.07) is 24.4. The van der Waals surface area contributed by atoms with Crippen molar-refractivity contribution in [1.82, 2.24) is 0 Å². The van der Waals surface area contributed by atoms with Crippen molar-refractivity contribution in [2.24, 2.45) is 23.7 Å². The summed E-state index contributed by atoms with van der Waals surface area (Å²) >= 11 is 2.42. The normalized spacial score (nSPS) is 21.5. The van der Waals surface area contributed by atoms with Crippen molar-refractivity contribution in [1.29, 1.82) is 0 Å². The van der Waals surface area contributed by atoms with Crippen LogP contribution in [0.3, 0.4) is 0 Å². The van der Waals surface area contributed by atoms with Crippen LogP contribution in [0.25, 0.3) is 33.4 Å². The summed E-state index contributed by atoms with van der Waals surface area (Å²) in [6.07, 6.45) is 18.8. The van der Waals surface area contributed by atoms with Crippen LogP contribution >= 0.6 is 0 Å². The Bertz CT molecular complexity index is 1730. The van der Waals surface area contributed by atoms with Crippen molar-refractivity contribution in [2.45, 2.75) is 86.5 Å². The first-order valence-corrected chi connectivity index (χ1v) is 18.6. The molecule has 3 heteroatoms. The van der Waals surface area contributed by atoms with E-state index in [1.807, 2.05) is 16.0 Å². The van der Waals surface area contributed by atoms with Gasteiger partial charge in [-0.3, -0.25) is 6.08 Å². The average molecular weight is 720 g/mol. The van der Waals surface area contributed by atoms with E-state index in [0.717, 1.165) is 36.5 Å². The fourth-order valence-corrected chi connectivity index (χ4v) is 10.4. The Morgan fingerprint density at radius 2 is 1.16 bits per heavy atom. The molecule has 0 aromatic heterocycles. The Morgan fingerprint density at radius 3 is 1.65 bits per heavy atom. The summed E-state index contributed by atoms with van der Waals surface area (Å²) in [7, 11) is 0. The van der Waals surface area contributed by atoms with Gasteiger partial charge in [0.05, 0.1) is 0 Å². The molecule has 0 aliphatic heterocycles. The van der Waals surface area contributed by atoms with Gasteiger partial charge < -0.3 is 24.8 Å². The van der Waals surface area contributed by atoms with Gasteiger partial charge in [0.15, 0.2) is 0 Å². The van der Waals surface area contributed by atoms with E-state index in [1.165, 1.54) is 77.9 Å². The van der Waals surface area contributed by atoms with Crippen LogP contribution in [0.4, 0.5) is 0 Å². The molecule has 4 aromatic carbocycles. The number of halogens is 2. The second-order valence-electron chi connectivity index (χ2n) is 15.1. The molecule has 6 aliphatic carbocycles. The van der Waals surface area contributed by atoms with E-state index >= 15 is 0 Å². The molecule has 4 bridgehead atoms. The van der Waals surface area contributed by atoms with Crippen molar-refractivity contribution < 1.29 is 44.8 Å². The van der Waals surface area contributed by atoms with E-state index in [-0.39, 0.29) is 24.8 Å². The summed E-state index contributed by atoms with van der Waals surface area (Å²) in [5, 5.41) is 0. The van der Waals surface area contributed by atoms with Crippen molar-refractivity contribution in [3.63, 3.8) is 0 Å². The Hall–Kier alpha value is -2.48. The van der Waals surface area contributed by atoms with Gasteiger partial charge in [-0.05, 0) is 70.2 Å². The number of hydrogen-bond acceptors (Lipinski definition) is 0. The molecular formula is C46H48Cl2Ti-2. The van der Waals surface area contributed by atoms with Gasteiger partial charge >= 0.3 is 79.6 Å². The fourth-order valence-electron chi connectivity index (χ4n) is 9.69. The summed E-state index contributed by atoms with van der Waals surface area (Å²) < 4.78 is 1.87. The molecule has 252 valence electrons. The van der Waals surface area contributed by atoms with Gasteiger partial charge in [-0.15, -0.1) is 17.5 Å². The third-order valence-electron chi connectivity index (χ3n) is 11.3. The van der Waals surface area contributed by atoms with Crippen LogP contribution in [0.5, 0.6) is 0 Å². The van der Waals surface area contributed by atoms with Gasteiger partial charge in [-0.2, -0.15) is 29.8 Å². The molecule has 10 rings (SSSR count). The zero-order valence-corrected chi connectivity index (χ0v) is 33.0. The number of rotatable bonds is 2. The third-order valence-corrected chi connectivity index (χ3v) is 12.6. The molecular weight excluding hydrogens is 671 g/mol. The Balaban J connectivity index is 0.000000212. The number of benzene rings is 4. The minimum absolute atomic E-state index is 0. The molecule has 49 heavy (non-hydrogen) atoms. The SMILES string of the molecule is Cc1cc(C)c(-c2c[c-]c3c(c2)-c2cc(-c4c(C)cc(C)cc4C)ccc2C3)c(C)c1.[C-]1=CC=CC1.[Cl-].[Cl-].[Ti+2]=[C]1C2CC3CC(C2)CC1C3. The maximum atomic E-state index is 3.62. The first-order chi connectivity index (χ1) is 22.6. The van der Waals surface area contributed by atoms with Crippen molar-refractivity contribution in [3.8, 4) is 33.4 Å². The molecule has 6 aliphatic rings. The molecule has 4 saturated carbocycles. The van der Waals surface area contributed by atoms with Crippen molar-refractivity contribution in [3.05, 3.63) is 129 Å². The maximum absolute atomic E-state index is 3.62. The van der Waals surface area contributed by atoms with Crippen LogP contribution in [-0.4, -0.2) is 3.81 Å². The monoisotopic (exact) mass is 718 g/mol.